The Hall–Kier alpha value is -3.80. The lowest BCUT2D eigenvalue weighted by Gasteiger charge is -2.29. The summed E-state index contributed by atoms with van der Waals surface area (Å²) in [4.78, 5) is 26.5. The van der Waals surface area contributed by atoms with Gasteiger partial charge in [-0.05, 0) is 49.6 Å². The Balaban J connectivity index is 1.31. The van der Waals surface area contributed by atoms with Gasteiger partial charge in [0, 0.05) is 24.7 Å². The maximum Gasteiger partial charge on any atom is 0.265 e. The summed E-state index contributed by atoms with van der Waals surface area (Å²) in [6, 6.07) is 23.2. The molecule has 6 heteroatoms. The third-order valence-electron chi connectivity index (χ3n) is 5.49. The molecule has 2 amide bonds. The number of benzene rings is 3. The number of hydrogen-bond donors (Lipinski definition) is 1. The van der Waals surface area contributed by atoms with E-state index in [-0.39, 0.29) is 18.4 Å². The van der Waals surface area contributed by atoms with Gasteiger partial charge in [-0.15, -0.1) is 0 Å². The first-order valence-corrected chi connectivity index (χ1v) is 11.2. The molecule has 0 radical (unpaired) electrons. The van der Waals surface area contributed by atoms with E-state index in [1.807, 2.05) is 55.5 Å². The second kappa shape index (κ2) is 10.7. The van der Waals surface area contributed by atoms with Gasteiger partial charge in [-0.1, -0.05) is 48.0 Å². The molecule has 0 fully saturated rings. The minimum atomic E-state index is -0.0860. The molecule has 0 bridgehead atoms. The lowest BCUT2D eigenvalue weighted by molar-refractivity contribution is -0.121. The fraction of sp³-hybridized carbons (Fsp3) is 0.259. The zero-order valence-corrected chi connectivity index (χ0v) is 18.8. The minimum Gasteiger partial charge on any atom is -0.494 e. The molecule has 0 aliphatic carbocycles. The van der Waals surface area contributed by atoms with Crippen molar-refractivity contribution in [2.75, 3.05) is 30.0 Å². The number of fused-ring (bicyclic) bond motifs is 1. The van der Waals surface area contributed by atoms with Gasteiger partial charge < -0.3 is 19.7 Å². The van der Waals surface area contributed by atoms with Crippen molar-refractivity contribution in [1.29, 1.82) is 0 Å². The monoisotopic (exact) mass is 444 g/mol. The van der Waals surface area contributed by atoms with Gasteiger partial charge in [0.15, 0.2) is 6.61 Å². The van der Waals surface area contributed by atoms with E-state index in [9.17, 15) is 9.59 Å². The number of aryl methyl sites for hydroxylation is 2. The van der Waals surface area contributed by atoms with Crippen molar-refractivity contribution < 1.29 is 19.1 Å². The number of hydrogen-bond acceptors (Lipinski definition) is 4. The fourth-order valence-electron chi connectivity index (χ4n) is 3.69. The van der Waals surface area contributed by atoms with Crippen LogP contribution in [-0.4, -0.2) is 31.6 Å². The molecule has 0 atom stereocenters. The van der Waals surface area contributed by atoms with Crippen molar-refractivity contribution in [2.45, 2.75) is 26.2 Å². The number of carbonyl (C=O) groups excluding carboxylic acids is 2. The molecule has 3 aromatic rings. The highest BCUT2D eigenvalue weighted by Gasteiger charge is 2.25. The minimum absolute atomic E-state index is 0.0165. The zero-order chi connectivity index (χ0) is 23.0. The number of para-hydroxylation sites is 1. The molecule has 33 heavy (non-hydrogen) atoms. The fourth-order valence-corrected chi connectivity index (χ4v) is 3.69. The van der Waals surface area contributed by atoms with Crippen LogP contribution in [0.25, 0.3) is 0 Å². The molecule has 0 saturated heterocycles. The van der Waals surface area contributed by atoms with Gasteiger partial charge in [-0.2, -0.15) is 0 Å². The first-order chi connectivity index (χ1) is 16.1. The lowest BCUT2D eigenvalue weighted by atomic mass is 10.1. The van der Waals surface area contributed by atoms with Crippen LogP contribution < -0.4 is 19.7 Å². The SMILES string of the molecule is Cc1ccc(CCC(=O)Nc2ccc3c(c2)OCC(=O)N3CCCOc2ccccc2)cc1. The Bertz CT molecular complexity index is 1100. The molecule has 1 N–H and O–H groups in total. The smallest absolute Gasteiger partial charge is 0.265 e. The molecule has 0 spiro atoms. The average molecular weight is 445 g/mol. The van der Waals surface area contributed by atoms with E-state index in [0.717, 1.165) is 11.3 Å². The van der Waals surface area contributed by atoms with Gasteiger partial charge in [0.05, 0.1) is 12.3 Å². The topological polar surface area (TPSA) is 67.9 Å². The molecule has 1 aliphatic rings. The summed E-state index contributed by atoms with van der Waals surface area (Å²) < 4.78 is 11.4. The number of rotatable bonds is 9. The van der Waals surface area contributed by atoms with Gasteiger partial charge in [0.1, 0.15) is 11.5 Å². The van der Waals surface area contributed by atoms with E-state index in [1.165, 1.54) is 5.56 Å². The number of anilines is 2. The Kier molecular flexibility index (Phi) is 7.25. The Morgan fingerprint density at radius 2 is 1.85 bits per heavy atom. The van der Waals surface area contributed by atoms with Gasteiger partial charge in [0.25, 0.3) is 5.91 Å². The standard InChI is InChI=1S/C27H28N2O4/c1-20-8-10-21(11-9-20)12-15-26(30)28-22-13-14-24-25(18-22)33-19-27(31)29(24)16-5-17-32-23-6-3-2-4-7-23/h2-4,6-11,13-14,18H,5,12,15-17,19H2,1H3,(H,28,30). The number of amides is 2. The maximum absolute atomic E-state index is 12.4. The van der Waals surface area contributed by atoms with Crippen LogP contribution >= 0.6 is 0 Å². The van der Waals surface area contributed by atoms with Crippen molar-refractivity contribution in [2.24, 2.45) is 0 Å². The van der Waals surface area contributed by atoms with Crippen LogP contribution in [0.3, 0.4) is 0 Å². The predicted octanol–water partition coefficient (Wildman–Crippen LogP) is 4.76. The second-order valence-corrected chi connectivity index (χ2v) is 8.07. The molecule has 0 unspecified atom stereocenters. The lowest BCUT2D eigenvalue weighted by Crippen LogP contribution is -2.39. The van der Waals surface area contributed by atoms with E-state index in [2.05, 4.69) is 17.4 Å². The zero-order valence-electron chi connectivity index (χ0n) is 18.8. The average Bonchev–Trinajstić information content (AvgIpc) is 2.83. The molecular weight excluding hydrogens is 416 g/mol. The van der Waals surface area contributed by atoms with Crippen LogP contribution in [0.15, 0.2) is 72.8 Å². The summed E-state index contributed by atoms with van der Waals surface area (Å²) in [6.07, 6.45) is 1.77. The molecule has 1 aliphatic heterocycles. The summed E-state index contributed by atoms with van der Waals surface area (Å²) in [7, 11) is 0. The third kappa shape index (κ3) is 6.13. The van der Waals surface area contributed by atoms with Crippen LogP contribution in [0, 0.1) is 6.92 Å². The normalized spacial score (nSPS) is 12.6. The van der Waals surface area contributed by atoms with E-state index < -0.39 is 0 Å². The summed E-state index contributed by atoms with van der Waals surface area (Å²) >= 11 is 0. The van der Waals surface area contributed by atoms with Crippen LogP contribution in [0.4, 0.5) is 11.4 Å². The highest BCUT2D eigenvalue weighted by atomic mass is 16.5. The molecule has 4 rings (SSSR count). The third-order valence-corrected chi connectivity index (χ3v) is 5.49. The number of nitrogens with zero attached hydrogens (tertiary/aromatic N) is 1. The largest absolute Gasteiger partial charge is 0.494 e. The molecule has 0 aromatic heterocycles. The van der Waals surface area contributed by atoms with Crippen LogP contribution in [0.5, 0.6) is 11.5 Å². The van der Waals surface area contributed by atoms with Crippen molar-refractivity contribution in [3.63, 3.8) is 0 Å². The molecule has 1 heterocycles. The molecule has 3 aromatic carbocycles. The van der Waals surface area contributed by atoms with Crippen molar-refractivity contribution in [1.82, 2.24) is 0 Å². The number of ether oxygens (including phenoxy) is 2. The van der Waals surface area contributed by atoms with Crippen LogP contribution in [0.2, 0.25) is 0 Å². The van der Waals surface area contributed by atoms with Gasteiger partial charge in [0.2, 0.25) is 5.91 Å². The van der Waals surface area contributed by atoms with E-state index in [0.29, 0.717) is 49.5 Å². The van der Waals surface area contributed by atoms with Crippen molar-refractivity contribution in [3.05, 3.63) is 83.9 Å². The summed E-state index contributed by atoms with van der Waals surface area (Å²) in [5.74, 6) is 1.26. The van der Waals surface area contributed by atoms with Gasteiger partial charge >= 0.3 is 0 Å². The quantitative estimate of drug-likeness (QED) is 0.483. The number of carbonyl (C=O) groups is 2. The van der Waals surface area contributed by atoms with E-state index >= 15 is 0 Å². The summed E-state index contributed by atoms with van der Waals surface area (Å²) in [5.41, 5.74) is 3.71. The van der Waals surface area contributed by atoms with Gasteiger partial charge in [-0.3, -0.25) is 9.59 Å². The molecular formula is C27H28N2O4. The maximum atomic E-state index is 12.4. The second-order valence-electron chi connectivity index (χ2n) is 8.07. The van der Waals surface area contributed by atoms with E-state index in [1.54, 1.807) is 17.0 Å². The summed E-state index contributed by atoms with van der Waals surface area (Å²) in [5, 5.41) is 2.93. The van der Waals surface area contributed by atoms with E-state index in [4.69, 9.17) is 9.47 Å². The molecule has 0 saturated carbocycles. The van der Waals surface area contributed by atoms with Gasteiger partial charge in [-0.25, -0.2) is 0 Å². The number of nitrogens with one attached hydrogen (secondary N) is 1. The molecule has 170 valence electrons. The predicted molar refractivity (Wildman–Crippen MR) is 129 cm³/mol. The van der Waals surface area contributed by atoms with Crippen LogP contribution in [-0.2, 0) is 16.0 Å². The molecule has 6 nitrogen and oxygen atoms in total. The summed E-state index contributed by atoms with van der Waals surface area (Å²) in [6.45, 7) is 3.07. The van der Waals surface area contributed by atoms with Crippen molar-refractivity contribution in [3.8, 4) is 11.5 Å². The van der Waals surface area contributed by atoms with Crippen molar-refractivity contribution >= 4 is 23.2 Å². The Labute approximate surface area is 194 Å². The Morgan fingerprint density at radius 1 is 1.06 bits per heavy atom. The highest BCUT2D eigenvalue weighted by Crippen LogP contribution is 2.34. The first kappa shape index (κ1) is 22.4. The first-order valence-electron chi connectivity index (χ1n) is 11.2. The highest BCUT2D eigenvalue weighted by molar-refractivity contribution is 5.99. The Morgan fingerprint density at radius 3 is 2.64 bits per heavy atom. The van der Waals surface area contributed by atoms with Crippen LogP contribution in [0.1, 0.15) is 24.0 Å².